The lowest BCUT2D eigenvalue weighted by molar-refractivity contribution is 0.326. The Balaban J connectivity index is 2.40. The van der Waals surface area contributed by atoms with Crippen molar-refractivity contribution in [1.29, 1.82) is 0 Å². The van der Waals surface area contributed by atoms with E-state index >= 15 is 0 Å². The Hall–Kier alpha value is -0.300. The third-order valence-electron chi connectivity index (χ3n) is 2.53. The highest BCUT2D eigenvalue weighted by Crippen LogP contribution is 2.27. The molecule has 0 atom stereocenters. The predicted octanol–water partition coefficient (Wildman–Crippen LogP) is 2.51. The van der Waals surface area contributed by atoms with Crippen molar-refractivity contribution < 1.29 is 5.11 Å². The minimum absolute atomic E-state index is 0.257. The van der Waals surface area contributed by atoms with E-state index in [1.54, 1.807) is 0 Å². The van der Waals surface area contributed by atoms with Crippen molar-refractivity contribution in [2.45, 2.75) is 39.0 Å². The molecule has 0 aromatic rings. The number of aliphatic hydroxyl groups is 1. The molecule has 11 heavy (non-hydrogen) atoms. The van der Waals surface area contributed by atoms with Crippen LogP contribution in [0.3, 0.4) is 0 Å². The van der Waals surface area contributed by atoms with E-state index in [0.29, 0.717) is 0 Å². The summed E-state index contributed by atoms with van der Waals surface area (Å²) in [4.78, 5) is 0. The molecule has 0 bridgehead atoms. The second kappa shape index (κ2) is 4.55. The summed E-state index contributed by atoms with van der Waals surface area (Å²) in [5.41, 5.74) is 1.22. The van der Waals surface area contributed by atoms with Crippen LogP contribution in [0.15, 0.2) is 11.6 Å². The Kier molecular flexibility index (Phi) is 3.64. The van der Waals surface area contributed by atoms with Crippen molar-refractivity contribution in [3.05, 3.63) is 11.6 Å². The molecule has 1 nitrogen and oxygen atoms in total. The van der Waals surface area contributed by atoms with E-state index in [1.807, 2.05) is 0 Å². The Morgan fingerprint density at radius 2 is 2.09 bits per heavy atom. The van der Waals surface area contributed by atoms with E-state index in [4.69, 9.17) is 5.11 Å². The molecule has 1 heteroatoms. The molecule has 1 fully saturated rings. The predicted molar refractivity (Wildman–Crippen MR) is 47.4 cm³/mol. The van der Waals surface area contributed by atoms with Gasteiger partial charge in [-0.15, -0.1) is 0 Å². The van der Waals surface area contributed by atoms with Crippen molar-refractivity contribution in [3.63, 3.8) is 0 Å². The van der Waals surface area contributed by atoms with Gasteiger partial charge in [-0.1, -0.05) is 25.8 Å². The van der Waals surface area contributed by atoms with E-state index in [2.05, 4.69) is 13.0 Å². The third-order valence-corrected chi connectivity index (χ3v) is 2.53. The van der Waals surface area contributed by atoms with E-state index in [1.165, 1.54) is 31.3 Å². The number of allylic oxidation sites excluding steroid dienone is 1. The van der Waals surface area contributed by atoms with Gasteiger partial charge in [0.2, 0.25) is 0 Å². The molecule has 1 aliphatic carbocycles. The topological polar surface area (TPSA) is 20.2 Å². The maximum Gasteiger partial charge on any atom is 0.0641 e. The van der Waals surface area contributed by atoms with Crippen LogP contribution in [0.2, 0.25) is 0 Å². The van der Waals surface area contributed by atoms with Crippen LogP contribution in [-0.4, -0.2) is 11.7 Å². The largest absolute Gasteiger partial charge is 0.392 e. The van der Waals surface area contributed by atoms with Crippen LogP contribution in [0.25, 0.3) is 0 Å². The lowest BCUT2D eigenvalue weighted by Gasteiger charge is -2.04. The van der Waals surface area contributed by atoms with Gasteiger partial charge < -0.3 is 5.11 Å². The van der Waals surface area contributed by atoms with E-state index in [0.717, 1.165) is 12.3 Å². The molecule has 0 aromatic carbocycles. The van der Waals surface area contributed by atoms with Gasteiger partial charge in [-0.05, 0) is 30.8 Å². The highest BCUT2D eigenvalue weighted by molar-refractivity contribution is 5.04. The first-order valence-corrected chi connectivity index (χ1v) is 4.67. The van der Waals surface area contributed by atoms with Gasteiger partial charge in [0.25, 0.3) is 0 Å². The van der Waals surface area contributed by atoms with Crippen LogP contribution in [0.5, 0.6) is 0 Å². The van der Waals surface area contributed by atoms with Crippen LogP contribution in [-0.2, 0) is 0 Å². The van der Waals surface area contributed by atoms with E-state index in [9.17, 15) is 0 Å². The Morgan fingerprint density at radius 1 is 1.45 bits per heavy atom. The first-order valence-electron chi connectivity index (χ1n) is 4.67. The maximum absolute atomic E-state index is 8.92. The van der Waals surface area contributed by atoms with Gasteiger partial charge in [-0.2, -0.15) is 0 Å². The number of hydrogen-bond donors (Lipinski definition) is 1. The van der Waals surface area contributed by atoms with E-state index in [-0.39, 0.29) is 6.61 Å². The number of aliphatic hydroxyl groups excluding tert-OH is 1. The summed E-state index contributed by atoms with van der Waals surface area (Å²) in [6.07, 6.45) is 8.72. The van der Waals surface area contributed by atoms with Crippen LogP contribution >= 0.6 is 0 Å². The van der Waals surface area contributed by atoms with E-state index < -0.39 is 0 Å². The maximum atomic E-state index is 8.92. The van der Waals surface area contributed by atoms with Gasteiger partial charge in [0, 0.05) is 0 Å². The molecule has 1 aliphatic rings. The van der Waals surface area contributed by atoms with Crippen molar-refractivity contribution in [2.75, 3.05) is 6.61 Å². The third kappa shape index (κ3) is 2.66. The van der Waals surface area contributed by atoms with Crippen LogP contribution in [0, 0.1) is 5.92 Å². The number of hydrogen-bond acceptors (Lipinski definition) is 1. The second-order valence-electron chi connectivity index (χ2n) is 3.38. The summed E-state index contributed by atoms with van der Waals surface area (Å²) >= 11 is 0. The molecule has 0 unspecified atom stereocenters. The fraction of sp³-hybridized carbons (Fsp3) is 0.800. The average Bonchev–Trinajstić information content (AvgIpc) is 2.52. The molecular formula is C10H18O. The molecular weight excluding hydrogens is 136 g/mol. The van der Waals surface area contributed by atoms with Crippen molar-refractivity contribution in [1.82, 2.24) is 0 Å². The lowest BCUT2D eigenvalue weighted by Crippen LogP contribution is -1.94. The first kappa shape index (κ1) is 8.79. The highest BCUT2D eigenvalue weighted by atomic mass is 16.3. The summed E-state index contributed by atoms with van der Waals surface area (Å²) in [6, 6.07) is 0. The molecule has 0 aromatic heterocycles. The standard InChI is InChI=1S/C10H18O/c1-2-9(8-11)7-10-5-3-4-6-10/h7,10-11H,2-6,8H2,1H3. The van der Waals surface area contributed by atoms with Gasteiger partial charge in [0.1, 0.15) is 0 Å². The molecule has 0 saturated heterocycles. The Morgan fingerprint density at radius 3 is 2.55 bits per heavy atom. The molecule has 1 saturated carbocycles. The van der Waals surface area contributed by atoms with Crippen LogP contribution < -0.4 is 0 Å². The second-order valence-corrected chi connectivity index (χ2v) is 3.38. The van der Waals surface area contributed by atoms with Gasteiger partial charge >= 0.3 is 0 Å². The monoisotopic (exact) mass is 154 g/mol. The zero-order valence-corrected chi connectivity index (χ0v) is 7.34. The fourth-order valence-corrected chi connectivity index (χ4v) is 1.74. The molecule has 0 radical (unpaired) electrons. The van der Waals surface area contributed by atoms with Crippen molar-refractivity contribution in [3.8, 4) is 0 Å². The molecule has 64 valence electrons. The average molecular weight is 154 g/mol. The van der Waals surface area contributed by atoms with Crippen molar-refractivity contribution >= 4 is 0 Å². The van der Waals surface area contributed by atoms with Crippen molar-refractivity contribution in [2.24, 2.45) is 5.92 Å². The zero-order valence-electron chi connectivity index (χ0n) is 7.34. The van der Waals surface area contributed by atoms with Gasteiger partial charge in [0.05, 0.1) is 6.61 Å². The Bertz CT molecular complexity index is 126. The van der Waals surface area contributed by atoms with Crippen LogP contribution in [0.4, 0.5) is 0 Å². The summed E-state index contributed by atoms with van der Waals surface area (Å²) in [6.45, 7) is 2.37. The Labute approximate surface area is 69.1 Å². The molecule has 0 heterocycles. The molecule has 1 rings (SSSR count). The summed E-state index contributed by atoms with van der Waals surface area (Å²) in [5, 5.41) is 8.92. The normalized spacial score (nSPS) is 21.1. The molecule has 0 aliphatic heterocycles. The zero-order chi connectivity index (χ0) is 8.10. The minimum Gasteiger partial charge on any atom is -0.392 e. The molecule has 0 amide bonds. The van der Waals surface area contributed by atoms with Crippen LogP contribution in [0.1, 0.15) is 39.0 Å². The number of rotatable bonds is 3. The first-order chi connectivity index (χ1) is 5.36. The minimum atomic E-state index is 0.257. The smallest absolute Gasteiger partial charge is 0.0641 e. The molecule has 1 N–H and O–H groups in total. The fourth-order valence-electron chi connectivity index (χ4n) is 1.74. The van der Waals surface area contributed by atoms with Gasteiger partial charge in [0.15, 0.2) is 0 Å². The highest BCUT2D eigenvalue weighted by Gasteiger charge is 2.12. The summed E-state index contributed by atoms with van der Waals surface area (Å²) < 4.78 is 0. The SMILES string of the molecule is CCC(=CC1CCCC1)CO. The summed E-state index contributed by atoms with van der Waals surface area (Å²) in [7, 11) is 0. The quantitative estimate of drug-likeness (QED) is 0.619. The summed E-state index contributed by atoms with van der Waals surface area (Å²) in [5.74, 6) is 0.775. The molecule has 0 spiro atoms. The van der Waals surface area contributed by atoms with Gasteiger partial charge in [-0.25, -0.2) is 0 Å². The van der Waals surface area contributed by atoms with Gasteiger partial charge in [-0.3, -0.25) is 0 Å². The lowest BCUT2D eigenvalue weighted by atomic mass is 10.0.